The molecule has 2 amide bonds. The van der Waals surface area contributed by atoms with Crippen LogP contribution in [-0.4, -0.2) is 48.4 Å². The van der Waals surface area contributed by atoms with E-state index in [0.29, 0.717) is 26.2 Å². The summed E-state index contributed by atoms with van der Waals surface area (Å²) >= 11 is 1.70. The SMILES string of the molecule is COCCN(CC(=O)N(Cc1ccccc1)Cc1ccc(C)s1)C(=O)C1CC1. The Labute approximate surface area is 170 Å². The largest absolute Gasteiger partial charge is 0.383 e. The lowest BCUT2D eigenvalue weighted by molar-refractivity contribution is -0.142. The molecule has 150 valence electrons. The highest BCUT2D eigenvalue weighted by Gasteiger charge is 2.34. The van der Waals surface area contributed by atoms with Gasteiger partial charge in [-0.3, -0.25) is 9.59 Å². The average molecular weight is 401 g/mol. The van der Waals surface area contributed by atoms with Crippen molar-refractivity contribution in [2.24, 2.45) is 5.92 Å². The van der Waals surface area contributed by atoms with E-state index >= 15 is 0 Å². The fourth-order valence-corrected chi connectivity index (χ4v) is 4.02. The molecule has 0 saturated heterocycles. The molecule has 3 rings (SSSR count). The van der Waals surface area contributed by atoms with Gasteiger partial charge < -0.3 is 14.5 Å². The summed E-state index contributed by atoms with van der Waals surface area (Å²) in [5, 5.41) is 0. The first kappa shape index (κ1) is 20.6. The van der Waals surface area contributed by atoms with Gasteiger partial charge in [-0.15, -0.1) is 11.3 Å². The summed E-state index contributed by atoms with van der Waals surface area (Å²) in [5.41, 5.74) is 1.08. The highest BCUT2D eigenvalue weighted by Crippen LogP contribution is 2.31. The molecule has 6 heteroatoms. The van der Waals surface area contributed by atoms with Crippen LogP contribution in [0.15, 0.2) is 42.5 Å². The van der Waals surface area contributed by atoms with Crippen molar-refractivity contribution in [3.05, 3.63) is 57.8 Å². The lowest BCUT2D eigenvalue weighted by Crippen LogP contribution is -2.44. The maximum Gasteiger partial charge on any atom is 0.242 e. The van der Waals surface area contributed by atoms with Crippen molar-refractivity contribution in [2.45, 2.75) is 32.9 Å². The van der Waals surface area contributed by atoms with Gasteiger partial charge in [0, 0.05) is 35.9 Å². The molecule has 1 heterocycles. The molecule has 0 spiro atoms. The van der Waals surface area contributed by atoms with Gasteiger partial charge in [0.05, 0.1) is 19.7 Å². The molecule has 0 N–H and O–H groups in total. The Hall–Kier alpha value is -2.18. The van der Waals surface area contributed by atoms with Crippen LogP contribution in [0.5, 0.6) is 0 Å². The number of aryl methyl sites for hydroxylation is 1. The topological polar surface area (TPSA) is 49.9 Å². The molecule has 1 fully saturated rings. The van der Waals surface area contributed by atoms with Gasteiger partial charge in [0.1, 0.15) is 0 Å². The molecule has 1 aliphatic carbocycles. The highest BCUT2D eigenvalue weighted by molar-refractivity contribution is 7.11. The Kier molecular flexibility index (Phi) is 7.23. The van der Waals surface area contributed by atoms with E-state index in [4.69, 9.17) is 4.74 Å². The van der Waals surface area contributed by atoms with E-state index in [-0.39, 0.29) is 24.3 Å². The zero-order valence-corrected chi connectivity index (χ0v) is 17.4. The standard InChI is InChI=1S/C22H28N2O3S/c1-17-8-11-20(28-17)15-24(14-18-6-4-3-5-7-18)21(25)16-23(12-13-27-2)22(26)19-9-10-19/h3-8,11,19H,9-10,12-16H2,1-2H3. The van der Waals surface area contributed by atoms with Crippen molar-refractivity contribution < 1.29 is 14.3 Å². The minimum Gasteiger partial charge on any atom is -0.383 e. The maximum absolute atomic E-state index is 13.2. The van der Waals surface area contributed by atoms with Crippen LogP contribution >= 0.6 is 11.3 Å². The zero-order valence-electron chi connectivity index (χ0n) is 16.6. The molecule has 1 aliphatic rings. The summed E-state index contributed by atoms with van der Waals surface area (Å²) in [7, 11) is 1.61. The third kappa shape index (κ3) is 5.91. The smallest absolute Gasteiger partial charge is 0.242 e. The van der Waals surface area contributed by atoms with E-state index < -0.39 is 0 Å². The number of benzene rings is 1. The van der Waals surface area contributed by atoms with Crippen molar-refractivity contribution in [1.29, 1.82) is 0 Å². The molecule has 1 saturated carbocycles. The van der Waals surface area contributed by atoms with Gasteiger partial charge in [-0.25, -0.2) is 0 Å². The second kappa shape index (κ2) is 9.85. The van der Waals surface area contributed by atoms with Crippen LogP contribution in [0.4, 0.5) is 0 Å². The number of amides is 2. The fourth-order valence-electron chi connectivity index (χ4n) is 3.11. The third-order valence-electron chi connectivity index (χ3n) is 4.84. The van der Waals surface area contributed by atoms with Crippen LogP contribution in [0.25, 0.3) is 0 Å². The molecule has 1 aromatic carbocycles. The summed E-state index contributed by atoms with van der Waals surface area (Å²) in [6.07, 6.45) is 1.86. The molecule has 0 atom stereocenters. The van der Waals surface area contributed by atoms with Crippen molar-refractivity contribution in [2.75, 3.05) is 26.8 Å². The fraction of sp³-hybridized carbons (Fsp3) is 0.455. The van der Waals surface area contributed by atoms with E-state index in [1.54, 1.807) is 23.3 Å². The molecule has 0 aliphatic heterocycles. The quantitative estimate of drug-likeness (QED) is 0.614. The Balaban J connectivity index is 1.72. The van der Waals surface area contributed by atoms with Gasteiger partial charge in [0.15, 0.2) is 0 Å². The van der Waals surface area contributed by atoms with Crippen LogP contribution in [0, 0.1) is 12.8 Å². The Morgan fingerprint density at radius 3 is 2.43 bits per heavy atom. The second-order valence-electron chi connectivity index (χ2n) is 7.27. The number of thiophene rings is 1. The average Bonchev–Trinajstić information content (AvgIpc) is 3.47. The van der Waals surface area contributed by atoms with Gasteiger partial charge in [0.25, 0.3) is 0 Å². The van der Waals surface area contributed by atoms with Crippen LogP contribution in [-0.2, 0) is 27.4 Å². The van der Waals surface area contributed by atoms with E-state index in [1.807, 2.05) is 35.2 Å². The summed E-state index contributed by atoms with van der Waals surface area (Å²) in [4.78, 5) is 31.7. The number of nitrogens with zero attached hydrogens (tertiary/aromatic N) is 2. The van der Waals surface area contributed by atoms with Gasteiger partial charge in [0.2, 0.25) is 11.8 Å². The minimum atomic E-state index is -0.0278. The summed E-state index contributed by atoms with van der Waals surface area (Å²) in [6, 6.07) is 14.1. The summed E-state index contributed by atoms with van der Waals surface area (Å²) in [5.74, 6) is 0.143. The van der Waals surface area contributed by atoms with Gasteiger partial charge in [-0.05, 0) is 37.5 Å². The predicted molar refractivity (Wildman–Crippen MR) is 111 cm³/mol. The molecule has 0 unspecified atom stereocenters. The van der Waals surface area contributed by atoms with E-state index in [0.717, 1.165) is 23.3 Å². The Morgan fingerprint density at radius 2 is 1.82 bits per heavy atom. The summed E-state index contributed by atoms with van der Waals surface area (Å²) in [6.45, 7) is 4.16. The molecule has 2 aromatic rings. The molecule has 28 heavy (non-hydrogen) atoms. The van der Waals surface area contributed by atoms with Crippen molar-refractivity contribution in [1.82, 2.24) is 9.80 Å². The van der Waals surface area contributed by atoms with Crippen molar-refractivity contribution >= 4 is 23.2 Å². The lowest BCUT2D eigenvalue weighted by Gasteiger charge is -2.27. The molecular formula is C22H28N2O3S. The molecule has 1 aromatic heterocycles. The van der Waals surface area contributed by atoms with Crippen LogP contribution in [0.3, 0.4) is 0 Å². The molecule has 5 nitrogen and oxygen atoms in total. The minimum absolute atomic E-state index is 0.0278. The number of ether oxygens (including phenoxy) is 1. The highest BCUT2D eigenvalue weighted by atomic mass is 32.1. The van der Waals surface area contributed by atoms with Crippen molar-refractivity contribution in [3.8, 4) is 0 Å². The summed E-state index contributed by atoms with van der Waals surface area (Å²) < 4.78 is 5.14. The Morgan fingerprint density at radius 1 is 1.07 bits per heavy atom. The number of methoxy groups -OCH3 is 1. The number of hydrogen-bond donors (Lipinski definition) is 0. The third-order valence-corrected chi connectivity index (χ3v) is 5.83. The van der Waals surface area contributed by atoms with Crippen molar-refractivity contribution in [3.63, 3.8) is 0 Å². The first-order valence-electron chi connectivity index (χ1n) is 9.71. The second-order valence-corrected chi connectivity index (χ2v) is 8.65. The number of hydrogen-bond acceptors (Lipinski definition) is 4. The monoisotopic (exact) mass is 400 g/mol. The molecule has 0 radical (unpaired) electrons. The Bertz CT molecular complexity index is 786. The van der Waals surface area contributed by atoms with Crippen LogP contribution in [0.1, 0.15) is 28.2 Å². The first-order chi connectivity index (χ1) is 13.6. The van der Waals surface area contributed by atoms with Crippen LogP contribution < -0.4 is 0 Å². The lowest BCUT2D eigenvalue weighted by atomic mass is 10.2. The van der Waals surface area contributed by atoms with Crippen LogP contribution in [0.2, 0.25) is 0 Å². The van der Waals surface area contributed by atoms with Gasteiger partial charge in [-0.1, -0.05) is 30.3 Å². The molecular weight excluding hydrogens is 372 g/mol. The molecule has 0 bridgehead atoms. The number of rotatable bonds is 10. The number of carbonyl (C=O) groups excluding carboxylic acids is 2. The van der Waals surface area contributed by atoms with Gasteiger partial charge >= 0.3 is 0 Å². The van der Waals surface area contributed by atoms with Gasteiger partial charge in [-0.2, -0.15) is 0 Å². The zero-order chi connectivity index (χ0) is 19.9. The normalized spacial score (nSPS) is 13.4. The van der Waals surface area contributed by atoms with E-state index in [9.17, 15) is 9.59 Å². The maximum atomic E-state index is 13.2. The first-order valence-corrected chi connectivity index (χ1v) is 10.5. The van der Waals surface area contributed by atoms with E-state index in [1.165, 1.54) is 4.88 Å². The van der Waals surface area contributed by atoms with E-state index in [2.05, 4.69) is 19.1 Å². The predicted octanol–water partition coefficient (Wildman–Crippen LogP) is 3.47. The number of carbonyl (C=O) groups is 2.